The van der Waals surface area contributed by atoms with Gasteiger partial charge < -0.3 is 9.63 Å². The van der Waals surface area contributed by atoms with E-state index in [1.165, 1.54) is 0 Å². The second kappa shape index (κ2) is 6.79. The molecule has 1 aromatic carbocycles. The molecule has 4 nitrogen and oxygen atoms in total. The van der Waals surface area contributed by atoms with Crippen molar-refractivity contribution in [2.24, 2.45) is 0 Å². The fourth-order valence-electron chi connectivity index (χ4n) is 4.30. The smallest absolute Gasteiger partial charge is 0.156 e. The van der Waals surface area contributed by atoms with Gasteiger partial charge in [0, 0.05) is 22.7 Å². The molecule has 0 bridgehead atoms. The third kappa shape index (κ3) is 2.95. The molecule has 2 aromatic rings. The average Bonchev–Trinajstić information content (AvgIpc) is 3.10. The number of halogens is 1. The van der Waals surface area contributed by atoms with Crippen molar-refractivity contribution >= 4 is 21.7 Å². The lowest BCUT2D eigenvalue weighted by Gasteiger charge is -2.50. The normalized spacial score (nSPS) is 27.4. The molecule has 3 unspecified atom stereocenters. The van der Waals surface area contributed by atoms with Gasteiger partial charge in [-0.05, 0) is 36.6 Å². The van der Waals surface area contributed by atoms with Crippen LogP contribution in [0.3, 0.4) is 0 Å². The summed E-state index contributed by atoms with van der Waals surface area (Å²) >= 11 is 3.69. The Kier molecular flexibility index (Phi) is 4.87. The van der Waals surface area contributed by atoms with Crippen LogP contribution in [0.15, 0.2) is 53.2 Å². The zero-order valence-corrected chi connectivity index (χ0v) is 16.0. The summed E-state index contributed by atoms with van der Waals surface area (Å²) in [6.07, 6.45) is 7.22. The molecule has 0 saturated carbocycles. The number of nitrogens with zero attached hydrogens (tertiary/aromatic N) is 1. The molecule has 0 amide bonds. The summed E-state index contributed by atoms with van der Waals surface area (Å²) in [6.45, 7) is 4.20. The second-order valence-corrected chi connectivity index (χ2v) is 8.36. The van der Waals surface area contributed by atoms with Crippen molar-refractivity contribution in [3.63, 3.8) is 0 Å². The van der Waals surface area contributed by atoms with Crippen LogP contribution < -0.4 is 0 Å². The van der Waals surface area contributed by atoms with Crippen LogP contribution in [0.1, 0.15) is 44.4 Å². The van der Waals surface area contributed by atoms with Crippen LogP contribution in [0, 0.1) is 0 Å². The van der Waals surface area contributed by atoms with Crippen LogP contribution in [-0.4, -0.2) is 20.9 Å². The van der Waals surface area contributed by atoms with E-state index in [1.54, 1.807) is 24.4 Å². The Bertz CT molecular complexity index is 767. The van der Waals surface area contributed by atoms with Crippen LogP contribution in [0.5, 0.6) is 5.75 Å². The molecule has 0 radical (unpaired) electrons. The molecule has 3 atom stereocenters. The predicted octanol–water partition coefficient (Wildman–Crippen LogP) is 4.67. The first-order chi connectivity index (χ1) is 11.9. The van der Waals surface area contributed by atoms with E-state index < -0.39 is 10.8 Å². The van der Waals surface area contributed by atoms with Crippen molar-refractivity contribution in [3.8, 4) is 5.75 Å². The number of phenols is 1. The molecule has 0 aliphatic heterocycles. The summed E-state index contributed by atoms with van der Waals surface area (Å²) in [4.78, 5) is 12.7. The van der Waals surface area contributed by atoms with Gasteiger partial charge in [0.15, 0.2) is 5.78 Å². The van der Waals surface area contributed by atoms with Gasteiger partial charge in [0.1, 0.15) is 11.5 Å². The van der Waals surface area contributed by atoms with E-state index in [4.69, 9.17) is 4.52 Å². The number of phenolic OH excluding ortho intramolecular Hbond substituents is 1. The predicted molar refractivity (Wildman–Crippen MR) is 100 cm³/mol. The van der Waals surface area contributed by atoms with Gasteiger partial charge in [0.25, 0.3) is 0 Å². The lowest BCUT2D eigenvalue weighted by molar-refractivity contribution is -0.117. The van der Waals surface area contributed by atoms with Gasteiger partial charge in [-0.25, -0.2) is 0 Å². The first-order valence-corrected chi connectivity index (χ1v) is 9.42. The molecule has 1 N–H and O–H groups in total. The van der Waals surface area contributed by atoms with Gasteiger partial charge in [0.05, 0.1) is 11.6 Å². The van der Waals surface area contributed by atoms with Gasteiger partial charge in [-0.2, -0.15) is 0 Å². The highest BCUT2D eigenvalue weighted by molar-refractivity contribution is 9.09. The highest BCUT2D eigenvalue weighted by Crippen LogP contribution is 2.55. The van der Waals surface area contributed by atoms with E-state index in [2.05, 4.69) is 34.9 Å². The van der Waals surface area contributed by atoms with E-state index in [1.807, 2.05) is 24.3 Å². The number of allylic oxidation sites excluding steroid dienone is 2. The standard InChI is InChI=1S/C20H22BrNO3/c1-3-19(18-9-11-22-25-18)10-8-17(24)13-20(19,12-14(2)21)15-4-6-16(23)7-5-15/h4-11,14,23H,3,12-13H2,1-2H3. The highest BCUT2D eigenvalue weighted by Gasteiger charge is 2.55. The molecule has 1 aliphatic carbocycles. The zero-order chi connectivity index (χ0) is 18.1. The van der Waals surface area contributed by atoms with Crippen LogP contribution in [-0.2, 0) is 15.6 Å². The Balaban J connectivity index is 2.30. The fourth-order valence-corrected chi connectivity index (χ4v) is 4.85. The topological polar surface area (TPSA) is 63.3 Å². The summed E-state index contributed by atoms with van der Waals surface area (Å²) in [7, 11) is 0. The monoisotopic (exact) mass is 403 g/mol. The van der Waals surface area contributed by atoms with Gasteiger partial charge in [-0.1, -0.05) is 53.1 Å². The average molecular weight is 404 g/mol. The summed E-state index contributed by atoms with van der Waals surface area (Å²) < 4.78 is 5.61. The molecule has 132 valence electrons. The number of carbonyl (C=O) groups excluding carboxylic acids is 1. The number of hydrogen-bond acceptors (Lipinski definition) is 4. The molecule has 1 aromatic heterocycles. The van der Waals surface area contributed by atoms with Crippen molar-refractivity contribution in [1.29, 1.82) is 0 Å². The van der Waals surface area contributed by atoms with Crippen LogP contribution in [0.4, 0.5) is 0 Å². The minimum absolute atomic E-state index is 0.102. The first-order valence-electron chi connectivity index (χ1n) is 8.50. The van der Waals surface area contributed by atoms with Crippen LogP contribution in [0.25, 0.3) is 0 Å². The SMILES string of the molecule is CCC1(c2ccno2)C=CC(=O)CC1(CC(C)Br)c1ccc(O)cc1. The highest BCUT2D eigenvalue weighted by atomic mass is 79.9. The van der Waals surface area contributed by atoms with Crippen molar-refractivity contribution in [2.45, 2.75) is 48.8 Å². The number of hydrogen-bond donors (Lipinski definition) is 1. The maximum Gasteiger partial charge on any atom is 0.156 e. The van der Waals surface area contributed by atoms with E-state index in [0.29, 0.717) is 6.42 Å². The zero-order valence-electron chi connectivity index (χ0n) is 14.4. The van der Waals surface area contributed by atoms with E-state index in [9.17, 15) is 9.90 Å². The lowest BCUT2D eigenvalue weighted by atomic mass is 9.52. The number of benzene rings is 1. The second-order valence-electron chi connectivity index (χ2n) is 6.79. The molecule has 0 spiro atoms. The van der Waals surface area contributed by atoms with E-state index >= 15 is 0 Å². The summed E-state index contributed by atoms with van der Waals surface area (Å²) in [5.41, 5.74) is 0.0627. The lowest BCUT2D eigenvalue weighted by Crippen LogP contribution is -2.52. The molecule has 3 rings (SSSR count). The molecule has 5 heteroatoms. The minimum Gasteiger partial charge on any atom is -0.508 e. The number of aromatic hydroxyl groups is 1. The van der Waals surface area contributed by atoms with Gasteiger partial charge in [-0.3, -0.25) is 4.79 Å². The van der Waals surface area contributed by atoms with E-state index in [0.717, 1.165) is 24.2 Å². The van der Waals surface area contributed by atoms with Crippen LogP contribution >= 0.6 is 15.9 Å². The largest absolute Gasteiger partial charge is 0.508 e. The summed E-state index contributed by atoms with van der Waals surface area (Å²) in [6, 6.07) is 9.08. The molecular formula is C20H22BrNO3. The Hall–Kier alpha value is -1.88. The molecule has 0 saturated heterocycles. The summed E-state index contributed by atoms with van der Waals surface area (Å²) in [5, 5.41) is 13.6. The first kappa shape index (κ1) is 17.9. The Morgan fingerprint density at radius 3 is 2.60 bits per heavy atom. The third-order valence-electron chi connectivity index (χ3n) is 5.37. The number of alkyl halides is 1. The van der Waals surface area contributed by atoms with Gasteiger partial charge in [0.2, 0.25) is 0 Å². The number of aromatic nitrogens is 1. The van der Waals surface area contributed by atoms with Gasteiger partial charge >= 0.3 is 0 Å². The van der Waals surface area contributed by atoms with Crippen molar-refractivity contribution in [1.82, 2.24) is 5.16 Å². The Morgan fingerprint density at radius 1 is 1.32 bits per heavy atom. The number of carbonyl (C=O) groups is 1. The maximum atomic E-state index is 12.5. The Labute approximate surface area is 156 Å². The molecule has 0 fully saturated rings. The Morgan fingerprint density at radius 2 is 2.04 bits per heavy atom. The third-order valence-corrected chi connectivity index (χ3v) is 5.69. The van der Waals surface area contributed by atoms with Crippen molar-refractivity contribution in [3.05, 3.63) is 60.0 Å². The number of ketones is 1. The van der Waals surface area contributed by atoms with Crippen molar-refractivity contribution < 1.29 is 14.4 Å². The van der Waals surface area contributed by atoms with E-state index in [-0.39, 0.29) is 16.4 Å². The minimum atomic E-state index is -0.482. The van der Waals surface area contributed by atoms with Gasteiger partial charge in [-0.15, -0.1) is 0 Å². The quantitative estimate of drug-likeness (QED) is 0.736. The van der Waals surface area contributed by atoms with Crippen molar-refractivity contribution in [2.75, 3.05) is 0 Å². The number of rotatable bonds is 5. The molecular weight excluding hydrogens is 382 g/mol. The molecule has 1 heterocycles. The fraction of sp³-hybridized carbons (Fsp3) is 0.400. The molecule has 25 heavy (non-hydrogen) atoms. The molecule has 1 aliphatic rings. The summed E-state index contributed by atoms with van der Waals surface area (Å²) in [5.74, 6) is 1.08. The maximum absolute atomic E-state index is 12.5. The van der Waals surface area contributed by atoms with Crippen LogP contribution in [0.2, 0.25) is 0 Å².